The van der Waals surface area contributed by atoms with E-state index in [4.69, 9.17) is 5.11 Å². The van der Waals surface area contributed by atoms with E-state index in [2.05, 4.69) is 57.3 Å². The summed E-state index contributed by atoms with van der Waals surface area (Å²) in [5.74, 6) is 0. The molecule has 0 amide bonds. The SMILES string of the molecule is CC(CCCO)NCc1ccc(C(C)(C)C)cc1. The number of nitrogens with one attached hydrogen (secondary N) is 1. The van der Waals surface area contributed by atoms with E-state index in [1.165, 1.54) is 11.1 Å². The molecule has 18 heavy (non-hydrogen) atoms. The van der Waals surface area contributed by atoms with Crippen molar-refractivity contribution < 1.29 is 5.11 Å². The number of hydrogen-bond donors (Lipinski definition) is 2. The van der Waals surface area contributed by atoms with Gasteiger partial charge in [0.05, 0.1) is 0 Å². The van der Waals surface area contributed by atoms with Crippen molar-refractivity contribution in [3.05, 3.63) is 35.4 Å². The molecule has 0 saturated heterocycles. The maximum atomic E-state index is 8.78. The Hall–Kier alpha value is -0.860. The number of aliphatic hydroxyl groups is 1. The molecule has 1 unspecified atom stereocenters. The molecule has 2 nitrogen and oxygen atoms in total. The summed E-state index contributed by atoms with van der Waals surface area (Å²) in [7, 11) is 0. The Bertz CT molecular complexity index is 337. The number of benzene rings is 1. The fourth-order valence-corrected chi connectivity index (χ4v) is 1.91. The third kappa shape index (κ3) is 5.19. The van der Waals surface area contributed by atoms with E-state index >= 15 is 0 Å². The Balaban J connectivity index is 2.44. The van der Waals surface area contributed by atoms with Crippen LogP contribution >= 0.6 is 0 Å². The zero-order valence-corrected chi connectivity index (χ0v) is 12.2. The Morgan fingerprint density at radius 2 is 1.78 bits per heavy atom. The van der Waals surface area contributed by atoms with E-state index in [0.717, 1.165) is 19.4 Å². The molecule has 0 fully saturated rings. The van der Waals surface area contributed by atoms with Crippen LogP contribution in [0.5, 0.6) is 0 Å². The van der Waals surface area contributed by atoms with Crippen LogP contribution in [0.25, 0.3) is 0 Å². The van der Waals surface area contributed by atoms with E-state index in [1.807, 2.05) is 0 Å². The summed E-state index contributed by atoms with van der Waals surface area (Å²) >= 11 is 0. The highest BCUT2D eigenvalue weighted by molar-refractivity contribution is 5.27. The molecule has 1 aromatic carbocycles. The molecular formula is C16H27NO. The molecule has 0 saturated carbocycles. The van der Waals surface area contributed by atoms with Crippen LogP contribution in [0.3, 0.4) is 0 Å². The van der Waals surface area contributed by atoms with Gasteiger partial charge in [-0.2, -0.15) is 0 Å². The maximum absolute atomic E-state index is 8.78. The second-order valence-electron chi connectivity index (χ2n) is 6.09. The quantitative estimate of drug-likeness (QED) is 0.811. The molecule has 0 aliphatic heterocycles. The van der Waals surface area contributed by atoms with E-state index in [0.29, 0.717) is 6.04 Å². The van der Waals surface area contributed by atoms with Crippen molar-refractivity contribution in [2.45, 2.75) is 58.5 Å². The van der Waals surface area contributed by atoms with Gasteiger partial charge in [0, 0.05) is 19.2 Å². The van der Waals surface area contributed by atoms with Gasteiger partial charge >= 0.3 is 0 Å². The Labute approximate surface area is 111 Å². The van der Waals surface area contributed by atoms with Gasteiger partial charge < -0.3 is 10.4 Å². The molecule has 0 spiro atoms. The van der Waals surface area contributed by atoms with Crippen LogP contribution < -0.4 is 5.32 Å². The Morgan fingerprint density at radius 1 is 1.17 bits per heavy atom. The van der Waals surface area contributed by atoms with Gasteiger partial charge in [0.2, 0.25) is 0 Å². The molecule has 0 aliphatic rings. The van der Waals surface area contributed by atoms with Crippen molar-refractivity contribution in [3.8, 4) is 0 Å². The lowest BCUT2D eigenvalue weighted by Crippen LogP contribution is -2.25. The third-order valence-corrected chi connectivity index (χ3v) is 3.27. The summed E-state index contributed by atoms with van der Waals surface area (Å²) < 4.78 is 0. The monoisotopic (exact) mass is 249 g/mol. The molecular weight excluding hydrogens is 222 g/mol. The van der Waals surface area contributed by atoms with Crippen LogP contribution in [0, 0.1) is 0 Å². The van der Waals surface area contributed by atoms with Crippen LogP contribution in [0.1, 0.15) is 51.7 Å². The lowest BCUT2D eigenvalue weighted by Gasteiger charge is -2.19. The molecule has 1 atom stereocenters. The first-order valence-electron chi connectivity index (χ1n) is 6.87. The van der Waals surface area contributed by atoms with Crippen LogP contribution in [-0.2, 0) is 12.0 Å². The molecule has 0 aliphatic carbocycles. The van der Waals surface area contributed by atoms with E-state index in [9.17, 15) is 0 Å². The molecule has 102 valence electrons. The Morgan fingerprint density at radius 3 is 2.28 bits per heavy atom. The van der Waals surface area contributed by atoms with Crippen molar-refractivity contribution in [2.24, 2.45) is 0 Å². The fraction of sp³-hybridized carbons (Fsp3) is 0.625. The van der Waals surface area contributed by atoms with E-state index in [-0.39, 0.29) is 12.0 Å². The average molecular weight is 249 g/mol. The average Bonchev–Trinajstić information content (AvgIpc) is 2.33. The summed E-state index contributed by atoms with van der Waals surface area (Å²) in [6.07, 6.45) is 1.90. The summed E-state index contributed by atoms with van der Waals surface area (Å²) in [5.41, 5.74) is 2.92. The standard InChI is InChI=1S/C16H27NO/c1-13(6-5-11-18)17-12-14-7-9-15(10-8-14)16(2,3)4/h7-10,13,17-18H,5-6,11-12H2,1-4H3. The van der Waals surface area contributed by atoms with Crippen molar-refractivity contribution >= 4 is 0 Å². The summed E-state index contributed by atoms with van der Waals surface area (Å²) in [6.45, 7) is 10.0. The summed E-state index contributed by atoms with van der Waals surface area (Å²) in [6, 6.07) is 9.29. The van der Waals surface area contributed by atoms with Crippen molar-refractivity contribution in [1.29, 1.82) is 0 Å². The highest BCUT2D eigenvalue weighted by Gasteiger charge is 2.12. The van der Waals surface area contributed by atoms with Gasteiger partial charge in [-0.25, -0.2) is 0 Å². The highest BCUT2D eigenvalue weighted by Crippen LogP contribution is 2.22. The van der Waals surface area contributed by atoms with Crippen molar-refractivity contribution in [3.63, 3.8) is 0 Å². The number of aliphatic hydroxyl groups excluding tert-OH is 1. The van der Waals surface area contributed by atoms with Crippen LogP contribution in [-0.4, -0.2) is 17.8 Å². The Kier molecular flexibility index (Phi) is 5.83. The minimum absolute atomic E-state index is 0.223. The van der Waals surface area contributed by atoms with Crippen LogP contribution in [0.4, 0.5) is 0 Å². The van der Waals surface area contributed by atoms with Gasteiger partial charge in [0.1, 0.15) is 0 Å². The van der Waals surface area contributed by atoms with Gasteiger partial charge in [0.25, 0.3) is 0 Å². The summed E-state index contributed by atoms with van der Waals surface area (Å²) in [5, 5.41) is 12.3. The molecule has 0 radical (unpaired) electrons. The van der Waals surface area contributed by atoms with Gasteiger partial charge in [-0.15, -0.1) is 0 Å². The van der Waals surface area contributed by atoms with Crippen molar-refractivity contribution in [2.75, 3.05) is 6.61 Å². The maximum Gasteiger partial charge on any atom is 0.0431 e. The lowest BCUT2D eigenvalue weighted by atomic mass is 9.87. The highest BCUT2D eigenvalue weighted by atomic mass is 16.2. The molecule has 0 heterocycles. The molecule has 0 bridgehead atoms. The van der Waals surface area contributed by atoms with Gasteiger partial charge in [-0.05, 0) is 36.3 Å². The minimum Gasteiger partial charge on any atom is -0.396 e. The first-order chi connectivity index (χ1) is 8.43. The lowest BCUT2D eigenvalue weighted by molar-refractivity contribution is 0.276. The zero-order valence-electron chi connectivity index (χ0n) is 12.2. The first kappa shape index (κ1) is 15.2. The second-order valence-corrected chi connectivity index (χ2v) is 6.09. The molecule has 0 aromatic heterocycles. The zero-order chi connectivity index (χ0) is 13.6. The molecule has 2 heteroatoms. The van der Waals surface area contributed by atoms with Gasteiger partial charge in [0.15, 0.2) is 0 Å². The molecule has 2 N–H and O–H groups in total. The topological polar surface area (TPSA) is 32.3 Å². The number of hydrogen-bond acceptors (Lipinski definition) is 2. The van der Waals surface area contributed by atoms with Crippen molar-refractivity contribution in [1.82, 2.24) is 5.32 Å². The normalized spacial score (nSPS) is 13.6. The van der Waals surface area contributed by atoms with Crippen LogP contribution in [0.2, 0.25) is 0 Å². The smallest absolute Gasteiger partial charge is 0.0431 e. The van der Waals surface area contributed by atoms with E-state index < -0.39 is 0 Å². The predicted molar refractivity (Wildman–Crippen MR) is 77.8 cm³/mol. The second kappa shape index (κ2) is 6.91. The largest absolute Gasteiger partial charge is 0.396 e. The number of rotatable bonds is 6. The predicted octanol–water partition coefficient (Wildman–Crippen LogP) is 3.23. The van der Waals surface area contributed by atoms with Gasteiger partial charge in [-0.3, -0.25) is 0 Å². The van der Waals surface area contributed by atoms with Gasteiger partial charge in [-0.1, -0.05) is 45.0 Å². The molecule has 1 rings (SSSR count). The van der Waals surface area contributed by atoms with Crippen LogP contribution in [0.15, 0.2) is 24.3 Å². The third-order valence-electron chi connectivity index (χ3n) is 3.27. The first-order valence-corrected chi connectivity index (χ1v) is 6.87. The molecule has 1 aromatic rings. The fourth-order valence-electron chi connectivity index (χ4n) is 1.91. The van der Waals surface area contributed by atoms with E-state index in [1.54, 1.807) is 0 Å². The summed E-state index contributed by atoms with van der Waals surface area (Å²) in [4.78, 5) is 0. The minimum atomic E-state index is 0.223.